The summed E-state index contributed by atoms with van der Waals surface area (Å²) >= 11 is 0. The van der Waals surface area contributed by atoms with Gasteiger partial charge >= 0.3 is 0 Å². The van der Waals surface area contributed by atoms with Crippen molar-refractivity contribution in [1.29, 1.82) is 0 Å². The molecule has 0 aliphatic carbocycles. The number of ether oxygens (including phenoxy) is 1. The first kappa shape index (κ1) is 27.1. The van der Waals surface area contributed by atoms with Crippen LogP contribution >= 0.6 is 0 Å². The summed E-state index contributed by atoms with van der Waals surface area (Å²) in [5.41, 5.74) is 0.742. The van der Waals surface area contributed by atoms with Crippen molar-refractivity contribution in [3.63, 3.8) is 0 Å². The number of hydrogen-bond donors (Lipinski definition) is 1. The highest BCUT2D eigenvalue weighted by atomic mass is 32.2. The molecular formula is C24H32FN3O5S. The van der Waals surface area contributed by atoms with Crippen LogP contribution in [0.3, 0.4) is 0 Å². The molecule has 10 heteroatoms. The van der Waals surface area contributed by atoms with E-state index in [-0.39, 0.29) is 18.1 Å². The van der Waals surface area contributed by atoms with Crippen molar-refractivity contribution < 1.29 is 27.1 Å². The molecule has 2 aromatic carbocycles. The molecule has 0 aliphatic heterocycles. The van der Waals surface area contributed by atoms with Crippen molar-refractivity contribution in [1.82, 2.24) is 10.2 Å². The average molecular weight is 494 g/mol. The Hall–Kier alpha value is -3.14. The summed E-state index contributed by atoms with van der Waals surface area (Å²) in [7, 11) is -2.39. The summed E-state index contributed by atoms with van der Waals surface area (Å²) in [5, 5.41) is 2.81. The van der Waals surface area contributed by atoms with Crippen LogP contribution in [-0.4, -0.2) is 57.6 Å². The van der Waals surface area contributed by atoms with Gasteiger partial charge in [-0.1, -0.05) is 32.0 Å². The minimum Gasteiger partial charge on any atom is -0.497 e. The molecule has 0 aliphatic rings. The van der Waals surface area contributed by atoms with Gasteiger partial charge in [0.15, 0.2) is 0 Å². The highest BCUT2D eigenvalue weighted by molar-refractivity contribution is 7.92. The predicted octanol–water partition coefficient (Wildman–Crippen LogP) is 2.93. The summed E-state index contributed by atoms with van der Waals surface area (Å²) in [6.07, 6.45) is 2.00. The lowest BCUT2D eigenvalue weighted by Gasteiger charge is -2.33. The summed E-state index contributed by atoms with van der Waals surface area (Å²) in [5.74, 6) is -0.948. The van der Waals surface area contributed by atoms with Crippen molar-refractivity contribution in [3.05, 3.63) is 59.9 Å². The Balaban J connectivity index is 2.43. The van der Waals surface area contributed by atoms with Crippen molar-refractivity contribution in [2.45, 2.75) is 39.3 Å². The fourth-order valence-corrected chi connectivity index (χ4v) is 4.34. The second-order valence-corrected chi connectivity index (χ2v) is 9.74. The number of hydrogen-bond acceptors (Lipinski definition) is 5. The molecular weight excluding hydrogens is 461 g/mol. The van der Waals surface area contributed by atoms with Gasteiger partial charge in [-0.2, -0.15) is 0 Å². The quantitative estimate of drug-likeness (QED) is 0.491. The molecule has 1 N–H and O–H groups in total. The molecule has 0 bridgehead atoms. The van der Waals surface area contributed by atoms with Gasteiger partial charge in [0.2, 0.25) is 21.8 Å². The minimum absolute atomic E-state index is 0.0284. The Kier molecular flexibility index (Phi) is 9.85. The SMILES string of the molecule is CCCNC(=O)[C@H](CC)N(Cc1cccc(OC)c1)C(=O)CN(c1cccc(F)c1)S(C)(=O)=O. The Labute approximate surface area is 200 Å². The Morgan fingerprint density at radius 2 is 1.82 bits per heavy atom. The van der Waals surface area contributed by atoms with Gasteiger partial charge in [0.05, 0.1) is 19.1 Å². The number of rotatable bonds is 12. The Morgan fingerprint density at radius 3 is 2.41 bits per heavy atom. The van der Waals surface area contributed by atoms with Crippen LogP contribution < -0.4 is 14.4 Å². The second-order valence-electron chi connectivity index (χ2n) is 7.84. The molecule has 2 rings (SSSR count). The fraction of sp³-hybridized carbons (Fsp3) is 0.417. The number of nitrogens with zero attached hydrogens (tertiary/aromatic N) is 2. The first-order valence-corrected chi connectivity index (χ1v) is 12.9. The molecule has 2 aromatic rings. The fourth-order valence-electron chi connectivity index (χ4n) is 3.50. The van der Waals surface area contributed by atoms with Gasteiger partial charge in [-0.25, -0.2) is 12.8 Å². The van der Waals surface area contributed by atoms with Gasteiger partial charge in [0.25, 0.3) is 0 Å². The summed E-state index contributed by atoms with van der Waals surface area (Å²) in [6, 6.07) is 11.3. The van der Waals surface area contributed by atoms with E-state index in [1.165, 1.54) is 30.2 Å². The van der Waals surface area contributed by atoms with Crippen LogP contribution in [0.5, 0.6) is 5.75 Å². The smallest absolute Gasteiger partial charge is 0.244 e. The van der Waals surface area contributed by atoms with E-state index in [0.29, 0.717) is 24.3 Å². The predicted molar refractivity (Wildman–Crippen MR) is 130 cm³/mol. The zero-order valence-electron chi connectivity index (χ0n) is 20.0. The number of methoxy groups -OCH3 is 1. The summed E-state index contributed by atoms with van der Waals surface area (Å²) < 4.78 is 44.9. The average Bonchev–Trinajstić information content (AvgIpc) is 2.80. The lowest BCUT2D eigenvalue weighted by atomic mass is 10.1. The van der Waals surface area contributed by atoms with E-state index >= 15 is 0 Å². The third-order valence-electron chi connectivity index (χ3n) is 5.20. The maximum absolute atomic E-state index is 13.8. The van der Waals surface area contributed by atoms with E-state index in [4.69, 9.17) is 4.74 Å². The van der Waals surface area contributed by atoms with Crippen LogP contribution in [0.4, 0.5) is 10.1 Å². The molecule has 2 amide bonds. The molecule has 0 unspecified atom stereocenters. The Bertz CT molecular complexity index is 1090. The lowest BCUT2D eigenvalue weighted by molar-refractivity contribution is -0.140. The Morgan fingerprint density at radius 1 is 1.12 bits per heavy atom. The number of carbonyl (C=O) groups excluding carboxylic acids is 2. The van der Waals surface area contributed by atoms with Crippen LogP contribution in [0.2, 0.25) is 0 Å². The number of anilines is 1. The van der Waals surface area contributed by atoms with Gasteiger partial charge in [-0.3, -0.25) is 13.9 Å². The minimum atomic E-state index is -3.92. The van der Waals surface area contributed by atoms with E-state index < -0.39 is 34.3 Å². The number of amides is 2. The zero-order valence-corrected chi connectivity index (χ0v) is 20.8. The molecule has 0 heterocycles. The highest BCUT2D eigenvalue weighted by Gasteiger charge is 2.31. The van der Waals surface area contributed by atoms with Crippen LogP contribution in [0.25, 0.3) is 0 Å². The third-order valence-corrected chi connectivity index (χ3v) is 6.34. The zero-order chi connectivity index (χ0) is 25.3. The van der Waals surface area contributed by atoms with Gasteiger partial charge in [0, 0.05) is 13.1 Å². The molecule has 0 fully saturated rings. The van der Waals surface area contributed by atoms with Gasteiger partial charge < -0.3 is 15.0 Å². The number of sulfonamides is 1. The van der Waals surface area contributed by atoms with E-state index in [1.807, 2.05) is 6.92 Å². The maximum Gasteiger partial charge on any atom is 0.244 e. The summed E-state index contributed by atoms with van der Waals surface area (Å²) in [6.45, 7) is 3.64. The third kappa shape index (κ3) is 7.44. The van der Waals surface area contributed by atoms with E-state index in [1.54, 1.807) is 31.2 Å². The number of nitrogens with one attached hydrogen (secondary N) is 1. The topological polar surface area (TPSA) is 96.0 Å². The van der Waals surface area contributed by atoms with Crippen LogP contribution in [0.1, 0.15) is 32.3 Å². The van der Waals surface area contributed by atoms with Crippen molar-refractivity contribution >= 4 is 27.5 Å². The second kappa shape index (κ2) is 12.4. The monoisotopic (exact) mass is 493 g/mol. The standard InChI is InChI=1S/C24H32FN3O5S/c1-5-13-26-24(30)22(6-2)27(16-18-9-7-12-21(14-18)33-3)23(29)17-28(34(4,31)32)20-11-8-10-19(25)15-20/h7-12,14-15,22H,5-6,13,16-17H2,1-4H3,(H,26,30)/t22-/m0/s1. The van der Waals surface area contributed by atoms with Crippen molar-refractivity contribution in [3.8, 4) is 5.75 Å². The number of carbonyl (C=O) groups is 2. The first-order valence-electron chi connectivity index (χ1n) is 11.0. The van der Waals surface area contributed by atoms with Crippen molar-refractivity contribution in [2.75, 3.05) is 30.8 Å². The number of benzene rings is 2. The normalized spacial score (nSPS) is 12.0. The molecule has 186 valence electrons. The van der Waals surface area contributed by atoms with E-state index in [0.717, 1.165) is 23.0 Å². The summed E-state index contributed by atoms with van der Waals surface area (Å²) in [4.78, 5) is 27.7. The molecule has 34 heavy (non-hydrogen) atoms. The molecule has 0 saturated carbocycles. The largest absolute Gasteiger partial charge is 0.497 e. The van der Waals surface area contributed by atoms with Crippen LogP contribution in [0.15, 0.2) is 48.5 Å². The van der Waals surface area contributed by atoms with E-state index in [9.17, 15) is 22.4 Å². The van der Waals surface area contributed by atoms with Crippen molar-refractivity contribution in [2.24, 2.45) is 0 Å². The van der Waals surface area contributed by atoms with Gasteiger partial charge in [-0.15, -0.1) is 0 Å². The van der Waals surface area contributed by atoms with Crippen LogP contribution in [0, 0.1) is 5.82 Å². The molecule has 0 aromatic heterocycles. The van der Waals surface area contributed by atoms with E-state index in [2.05, 4.69) is 5.32 Å². The maximum atomic E-state index is 13.8. The molecule has 1 atom stereocenters. The number of halogens is 1. The molecule has 0 saturated heterocycles. The molecule has 0 radical (unpaired) electrons. The van der Waals surface area contributed by atoms with Gasteiger partial charge in [-0.05, 0) is 48.7 Å². The van der Waals surface area contributed by atoms with Crippen LogP contribution in [-0.2, 0) is 26.2 Å². The lowest BCUT2D eigenvalue weighted by Crippen LogP contribution is -2.52. The highest BCUT2D eigenvalue weighted by Crippen LogP contribution is 2.21. The molecule has 0 spiro atoms. The first-order chi connectivity index (χ1) is 16.1. The molecule has 8 nitrogen and oxygen atoms in total. The van der Waals surface area contributed by atoms with Gasteiger partial charge in [0.1, 0.15) is 24.2 Å².